The maximum absolute atomic E-state index is 15.0. The second kappa shape index (κ2) is 9.04. The van der Waals surface area contributed by atoms with Crippen LogP contribution in [0, 0.1) is 5.82 Å². The lowest BCUT2D eigenvalue weighted by Crippen LogP contribution is -2.21. The summed E-state index contributed by atoms with van der Waals surface area (Å²) >= 11 is 12.5. The van der Waals surface area contributed by atoms with E-state index in [-0.39, 0.29) is 17.4 Å². The Morgan fingerprint density at radius 2 is 1.97 bits per heavy atom. The summed E-state index contributed by atoms with van der Waals surface area (Å²) in [5, 5.41) is 13.1. The number of benzene rings is 3. The fraction of sp³-hybridized carbons (Fsp3) is 0.0909. The third kappa shape index (κ3) is 4.08. The Hall–Kier alpha value is -3.33. The molecule has 0 fully saturated rings. The van der Waals surface area contributed by atoms with Gasteiger partial charge in [0.1, 0.15) is 5.82 Å². The average molecular weight is 473 g/mol. The number of nitrogens with two attached hydrogens (primary N) is 1. The van der Waals surface area contributed by atoms with Crippen LogP contribution in [-0.4, -0.2) is 27.8 Å². The number of aliphatic imine (C=N–C) groups is 1. The monoisotopic (exact) mass is 472 g/mol. The van der Waals surface area contributed by atoms with Crippen molar-refractivity contribution in [1.29, 1.82) is 0 Å². The number of amidine groups is 1. The third-order valence-corrected chi connectivity index (χ3v) is 5.53. The predicted octanol–water partition coefficient (Wildman–Crippen LogP) is 4.83. The predicted molar refractivity (Wildman–Crippen MR) is 126 cm³/mol. The van der Waals surface area contributed by atoms with Gasteiger partial charge in [0, 0.05) is 29.7 Å². The van der Waals surface area contributed by atoms with Crippen LogP contribution < -0.4 is 16.6 Å². The van der Waals surface area contributed by atoms with E-state index in [0.29, 0.717) is 33.2 Å². The summed E-state index contributed by atoms with van der Waals surface area (Å²) < 4.78 is 16.4. The molecule has 3 aromatic carbocycles. The summed E-state index contributed by atoms with van der Waals surface area (Å²) in [6, 6.07) is 15.4. The number of aromatic nitrogens is 2. The van der Waals surface area contributed by atoms with E-state index in [9.17, 15) is 9.60 Å². The number of nitrogens with zero attached hydrogens (tertiary/aromatic N) is 3. The highest BCUT2D eigenvalue weighted by atomic mass is 35.5. The normalized spacial score (nSPS) is 11.7. The lowest BCUT2D eigenvalue weighted by molar-refractivity contribution is 0.235. The molecule has 0 saturated carbocycles. The van der Waals surface area contributed by atoms with Gasteiger partial charge in [-0.2, -0.15) is 0 Å². The molecule has 0 atom stereocenters. The molecule has 0 radical (unpaired) electrons. The van der Waals surface area contributed by atoms with Crippen LogP contribution in [0.5, 0.6) is 0 Å². The highest BCUT2D eigenvalue weighted by Crippen LogP contribution is 2.34. The van der Waals surface area contributed by atoms with Crippen molar-refractivity contribution in [3.8, 4) is 11.1 Å². The number of imidazole rings is 1. The van der Waals surface area contributed by atoms with Gasteiger partial charge in [-0.1, -0.05) is 47.5 Å². The Morgan fingerprint density at radius 1 is 1.19 bits per heavy atom. The van der Waals surface area contributed by atoms with E-state index < -0.39 is 5.82 Å². The number of hydrogen-bond donors (Lipinski definition) is 4. The molecule has 32 heavy (non-hydrogen) atoms. The first-order valence-electron chi connectivity index (χ1n) is 9.54. The lowest BCUT2D eigenvalue weighted by Gasteiger charge is -2.15. The standard InChI is InChI=1S/C22H19Cl2FN6O/c1-27-21(30-32)20-15(9-14(23)10-16(20)24)12-6-7-13(17(25)8-12)11-28-22-29-18-4-2-3-5-19(18)31(22)26/h2-10,32H,11,26H2,1H3,(H,27,30)(H,28,29). The summed E-state index contributed by atoms with van der Waals surface area (Å²) in [6.07, 6.45) is 0. The first kappa shape index (κ1) is 21.9. The van der Waals surface area contributed by atoms with Crippen LogP contribution in [-0.2, 0) is 6.54 Å². The molecule has 7 nitrogen and oxygen atoms in total. The fourth-order valence-electron chi connectivity index (χ4n) is 3.46. The Morgan fingerprint density at radius 3 is 2.66 bits per heavy atom. The molecular formula is C22H19Cl2FN6O. The van der Waals surface area contributed by atoms with Gasteiger partial charge in [-0.15, -0.1) is 0 Å². The van der Waals surface area contributed by atoms with Gasteiger partial charge in [0.25, 0.3) is 0 Å². The molecule has 0 bridgehead atoms. The highest BCUT2D eigenvalue weighted by Gasteiger charge is 2.17. The topological polar surface area (TPSA) is 100 Å². The molecule has 4 rings (SSSR count). The molecule has 1 aromatic heterocycles. The minimum atomic E-state index is -0.441. The molecular weight excluding hydrogens is 454 g/mol. The number of nitrogen functional groups attached to an aromatic ring is 1. The van der Waals surface area contributed by atoms with Crippen molar-refractivity contribution in [2.45, 2.75) is 6.54 Å². The van der Waals surface area contributed by atoms with Crippen molar-refractivity contribution in [1.82, 2.24) is 15.1 Å². The van der Waals surface area contributed by atoms with Gasteiger partial charge in [-0.25, -0.2) is 14.1 Å². The number of para-hydroxylation sites is 2. The third-order valence-electron chi connectivity index (χ3n) is 5.02. The molecule has 0 spiro atoms. The minimum Gasteiger partial charge on any atom is -0.350 e. The van der Waals surface area contributed by atoms with Gasteiger partial charge in [0.15, 0.2) is 5.84 Å². The van der Waals surface area contributed by atoms with E-state index >= 15 is 0 Å². The molecule has 1 heterocycles. The van der Waals surface area contributed by atoms with Crippen LogP contribution in [0.15, 0.2) is 59.6 Å². The number of hydrogen-bond acceptors (Lipinski definition) is 5. The van der Waals surface area contributed by atoms with E-state index in [4.69, 9.17) is 29.0 Å². The average Bonchev–Trinajstić information content (AvgIpc) is 3.10. The van der Waals surface area contributed by atoms with E-state index in [0.717, 1.165) is 11.0 Å². The molecule has 0 aliphatic rings. The second-order valence-corrected chi connectivity index (χ2v) is 7.79. The molecule has 0 unspecified atom stereocenters. The van der Waals surface area contributed by atoms with Crippen LogP contribution in [0.2, 0.25) is 10.0 Å². The molecule has 0 aliphatic heterocycles. The van der Waals surface area contributed by atoms with Crippen LogP contribution in [0.4, 0.5) is 10.3 Å². The number of nitrogens with one attached hydrogen (secondary N) is 2. The van der Waals surface area contributed by atoms with Crippen molar-refractivity contribution >= 4 is 46.0 Å². The largest absolute Gasteiger partial charge is 0.350 e. The van der Waals surface area contributed by atoms with Gasteiger partial charge in [-0.05, 0) is 41.5 Å². The number of fused-ring (bicyclic) bond motifs is 1. The quantitative estimate of drug-likeness (QED) is 0.144. The van der Waals surface area contributed by atoms with E-state index in [1.165, 1.54) is 23.9 Å². The van der Waals surface area contributed by atoms with Crippen LogP contribution in [0.25, 0.3) is 22.2 Å². The Balaban J connectivity index is 1.65. The van der Waals surface area contributed by atoms with E-state index in [2.05, 4.69) is 15.3 Å². The maximum atomic E-state index is 15.0. The Labute approximate surface area is 193 Å². The van der Waals surface area contributed by atoms with Gasteiger partial charge in [-0.3, -0.25) is 15.7 Å². The molecule has 164 valence electrons. The SMILES string of the molecule is CN=C(NO)c1c(Cl)cc(Cl)cc1-c1ccc(CNc2nc3ccccc3n2N)c(F)c1. The number of rotatable bonds is 5. The summed E-state index contributed by atoms with van der Waals surface area (Å²) in [5.41, 5.74) is 5.39. The van der Waals surface area contributed by atoms with Crippen molar-refractivity contribution < 1.29 is 9.60 Å². The Bertz CT molecular complexity index is 1340. The van der Waals surface area contributed by atoms with Crippen molar-refractivity contribution in [3.05, 3.63) is 81.6 Å². The van der Waals surface area contributed by atoms with Crippen molar-refractivity contribution in [2.24, 2.45) is 4.99 Å². The first-order chi connectivity index (χ1) is 15.4. The summed E-state index contributed by atoms with van der Waals surface area (Å²) in [4.78, 5) is 8.41. The fourth-order valence-corrected chi connectivity index (χ4v) is 4.04. The summed E-state index contributed by atoms with van der Waals surface area (Å²) in [5.74, 6) is 6.20. The smallest absolute Gasteiger partial charge is 0.223 e. The van der Waals surface area contributed by atoms with Gasteiger partial charge < -0.3 is 11.2 Å². The molecule has 5 N–H and O–H groups in total. The highest BCUT2D eigenvalue weighted by molar-refractivity contribution is 6.38. The molecule has 10 heteroatoms. The number of halogens is 3. The van der Waals surface area contributed by atoms with Crippen LogP contribution >= 0.6 is 23.2 Å². The zero-order valence-corrected chi connectivity index (χ0v) is 18.4. The van der Waals surface area contributed by atoms with Gasteiger partial charge in [0.05, 0.1) is 16.1 Å². The van der Waals surface area contributed by atoms with E-state index in [1.54, 1.807) is 18.2 Å². The molecule has 0 saturated heterocycles. The molecule has 0 aliphatic carbocycles. The second-order valence-electron chi connectivity index (χ2n) is 6.95. The first-order valence-corrected chi connectivity index (χ1v) is 10.3. The minimum absolute atomic E-state index is 0.134. The lowest BCUT2D eigenvalue weighted by atomic mass is 9.97. The van der Waals surface area contributed by atoms with Crippen molar-refractivity contribution in [2.75, 3.05) is 18.2 Å². The molecule has 4 aromatic rings. The van der Waals surface area contributed by atoms with Crippen LogP contribution in [0.1, 0.15) is 11.1 Å². The van der Waals surface area contributed by atoms with E-state index in [1.807, 2.05) is 29.7 Å². The van der Waals surface area contributed by atoms with Gasteiger partial charge in [0.2, 0.25) is 5.95 Å². The summed E-state index contributed by atoms with van der Waals surface area (Å²) in [6.45, 7) is 0.176. The maximum Gasteiger partial charge on any atom is 0.223 e. The Kier molecular flexibility index (Phi) is 6.18. The molecule has 0 amide bonds. The number of hydroxylamine groups is 1. The van der Waals surface area contributed by atoms with Crippen molar-refractivity contribution in [3.63, 3.8) is 0 Å². The zero-order valence-electron chi connectivity index (χ0n) is 16.9. The number of anilines is 1. The van der Waals surface area contributed by atoms with Gasteiger partial charge >= 0.3 is 0 Å². The zero-order chi connectivity index (χ0) is 22.8. The van der Waals surface area contributed by atoms with Crippen LogP contribution in [0.3, 0.4) is 0 Å². The summed E-state index contributed by atoms with van der Waals surface area (Å²) in [7, 11) is 1.49.